The minimum Gasteiger partial charge on any atom is -0.457 e. The second-order valence-corrected chi connectivity index (χ2v) is 14.2. The quantitative estimate of drug-likeness (QED) is 0.136. The van der Waals surface area contributed by atoms with Gasteiger partial charge in [0.25, 0.3) is 0 Å². The van der Waals surface area contributed by atoms with E-state index in [4.69, 9.17) is 28.4 Å². The molecule has 60 heavy (non-hydrogen) atoms. The van der Waals surface area contributed by atoms with E-state index in [2.05, 4.69) is 0 Å². The van der Waals surface area contributed by atoms with Gasteiger partial charge in [0.1, 0.15) is 92.3 Å². The molecule has 0 atom stereocenters. The zero-order valence-corrected chi connectivity index (χ0v) is 31.3. The fourth-order valence-corrected chi connectivity index (χ4v) is 7.54. The van der Waals surface area contributed by atoms with Gasteiger partial charge >= 0.3 is 0 Å². The molecule has 294 valence electrons. The van der Waals surface area contributed by atoms with Crippen LogP contribution in [0.5, 0.6) is 69.0 Å². The Balaban J connectivity index is 1.10. The van der Waals surface area contributed by atoms with Crippen molar-refractivity contribution in [2.24, 2.45) is 0 Å². The Kier molecular flexibility index (Phi) is 9.29. The first kappa shape index (κ1) is 36.6. The Labute approximate surface area is 341 Å². The monoisotopic (exact) mass is 802 g/mol. The van der Waals surface area contributed by atoms with E-state index in [-0.39, 0.29) is 35.1 Å². The molecular formula is C50H30F4O6. The predicted octanol–water partition coefficient (Wildman–Crippen LogP) is 14.6. The summed E-state index contributed by atoms with van der Waals surface area (Å²) in [7, 11) is 0. The van der Waals surface area contributed by atoms with Crippen LogP contribution in [0, 0.1) is 23.3 Å². The molecule has 0 bridgehead atoms. The van der Waals surface area contributed by atoms with Crippen LogP contribution in [0.25, 0.3) is 0 Å². The highest BCUT2D eigenvalue weighted by atomic mass is 19.1. The molecule has 0 amide bonds. The van der Waals surface area contributed by atoms with Gasteiger partial charge in [0.2, 0.25) is 0 Å². The second-order valence-electron chi connectivity index (χ2n) is 14.2. The average Bonchev–Trinajstić information content (AvgIpc) is 3.25. The lowest BCUT2D eigenvalue weighted by molar-refractivity contribution is 0.400. The van der Waals surface area contributed by atoms with Crippen LogP contribution in [0.4, 0.5) is 17.6 Å². The van der Waals surface area contributed by atoms with Gasteiger partial charge in [0, 0.05) is 58.4 Å². The van der Waals surface area contributed by atoms with E-state index in [0.29, 0.717) is 69.0 Å². The normalized spacial score (nSPS) is 12.8. The predicted molar refractivity (Wildman–Crippen MR) is 215 cm³/mol. The van der Waals surface area contributed by atoms with Crippen LogP contribution in [0.1, 0.15) is 34.1 Å². The highest BCUT2D eigenvalue weighted by Crippen LogP contribution is 2.59. The summed E-state index contributed by atoms with van der Waals surface area (Å²) in [6.07, 6.45) is 0. The molecule has 8 aromatic rings. The molecule has 2 aliphatic rings. The van der Waals surface area contributed by atoms with E-state index in [9.17, 15) is 17.6 Å². The number of hydrogen-bond donors (Lipinski definition) is 0. The lowest BCUT2D eigenvalue weighted by Crippen LogP contribution is -2.22. The summed E-state index contributed by atoms with van der Waals surface area (Å²) in [4.78, 5) is 0. The molecule has 10 rings (SSSR count). The first-order valence-corrected chi connectivity index (χ1v) is 18.9. The molecule has 0 aromatic heterocycles. The summed E-state index contributed by atoms with van der Waals surface area (Å²) >= 11 is 0. The standard InChI is InChI=1S/C50H30F4O6/c51-29-1-9-33(10-2-29)55-37-17-21-41-45(25-37)59-46-26-38(56-34-11-3-30(52)4-12-34)18-22-42(46)49(41)50-43-23-19-39(57-35-13-5-31(53)6-14-35)27-47(43)60-48-28-40(20-24-44(48)50)58-36-15-7-32(54)8-16-36/h1-28,49-50H. The summed E-state index contributed by atoms with van der Waals surface area (Å²) in [6.45, 7) is 0. The number of benzene rings is 8. The summed E-state index contributed by atoms with van der Waals surface area (Å²) in [5.41, 5.74) is 3.40. The Hall–Kier alpha value is -7.72. The molecule has 0 N–H and O–H groups in total. The van der Waals surface area contributed by atoms with Crippen molar-refractivity contribution in [1.82, 2.24) is 0 Å². The first-order valence-electron chi connectivity index (χ1n) is 18.9. The zero-order valence-electron chi connectivity index (χ0n) is 31.3. The van der Waals surface area contributed by atoms with E-state index in [1.54, 1.807) is 72.8 Å². The van der Waals surface area contributed by atoms with Gasteiger partial charge in [0.15, 0.2) is 0 Å². The van der Waals surface area contributed by atoms with Crippen molar-refractivity contribution in [2.45, 2.75) is 11.8 Å². The fraction of sp³-hybridized carbons (Fsp3) is 0.0400. The fourth-order valence-electron chi connectivity index (χ4n) is 7.54. The van der Waals surface area contributed by atoms with Crippen LogP contribution in [-0.4, -0.2) is 0 Å². The molecule has 0 saturated carbocycles. The van der Waals surface area contributed by atoms with Crippen LogP contribution in [0.3, 0.4) is 0 Å². The molecule has 0 fully saturated rings. The maximum absolute atomic E-state index is 13.7. The summed E-state index contributed by atoms with van der Waals surface area (Å²) in [6, 6.07) is 45.3. The van der Waals surface area contributed by atoms with E-state index in [1.165, 1.54) is 48.5 Å². The summed E-state index contributed by atoms with van der Waals surface area (Å²) < 4.78 is 92.8. The maximum atomic E-state index is 13.7. The zero-order chi connectivity index (χ0) is 40.7. The average molecular weight is 803 g/mol. The molecule has 6 nitrogen and oxygen atoms in total. The van der Waals surface area contributed by atoms with Crippen molar-refractivity contribution in [1.29, 1.82) is 0 Å². The van der Waals surface area contributed by atoms with Gasteiger partial charge in [-0.05, 0) is 121 Å². The van der Waals surface area contributed by atoms with Crippen molar-refractivity contribution in [2.75, 3.05) is 0 Å². The second kappa shape index (κ2) is 15.2. The molecular weight excluding hydrogens is 773 g/mol. The van der Waals surface area contributed by atoms with E-state index in [0.717, 1.165) is 22.3 Å². The summed E-state index contributed by atoms with van der Waals surface area (Å²) in [5, 5.41) is 0. The van der Waals surface area contributed by atoms with Crippen LogP contribution in [0.15, 0.2) is 170 Å². The third kappa shape index (κ3) is 7.42. The number of ether oxygens (including phenoxy) is 6. The summed E-state index contributed by atoms with van der Waals surface area (Å²) in [5.74, 6) is 3.49. The van der Waals surface area contributed by atoms with Crippen LogP contribution in [-0.2, 0) is 0 Å². The molecule has 0 aliphatic carbocycles. The van der Waals surface area contributed by atoms with E-state index in [1.807, 2.05) is 48.5 Å². The number of hydrogen-bond acceptors (Lipinski definition) is 6. The minimum atomic E-state index is -0.380. The topological polar surface area (TPSA) is 55.4 Å². The maximum Gasteiger partial charge on any atom is 0.135 e. The lowest BCUT2D eigenvalue weighted by atomic mass is 9.71. The van der Waals surface area contributed by atoms with Crippen molar-refractivity contribution in [3.05, 3.63) is 215 Å². The Morgan fingerprint density at radius 2 is 0.467 bits per heavy atom. The van der Waals surface area contributed by atoms with Gasteiger partial charge in [-0.25, -0.2) is 17.6 Å². The number of fused-ring (bicyclic) bond motifs is 4. The molecule has 10 heteroatoms. The highest BCUT2D eigenvalue weighted by molar-refractivity contribution is 5.65. The van der Waals surface area contributed by atoms with Crippen LogP contribution < -0.4 is 28.4 Å². The molecule has 2 aliphatic heterocycles. The lowest BCUT2D eigenvalue weighted by Gasteiger charge is -2.38. The molecule has 0 unspecified atom stereocenters. The number of rotatable bonds is 9. The van der Waals surface area contributed by atoms with Crippen molar-refractivity contribution >= 4 is 0 Å². The Bertz CT molecular complexity index is 2470. The third-order valence-corrected chi connectivity index (χ3v) is 10.3. The smallest absolute Gasteiger partial charge is 0.135 e. The van der Waals surface area contributed by atoms with Gasteiger partial charge in [-0.15, -0.1) is 0 Å². The number of halogens is 4. The largest absolute Gasteiger partial charge is 0.457 e. The van der Waals surface area contributed by atoms with Gasteiger partial charge in [-0.1, -0.05) is 24.3 Å². The Morgan fingerprint density at radius 1 is 0.267 bits per heavy atom. The van der Waals surface area contributed by atoms with Gasteiger partial charge in [0.05, 0.1) is 0 Å². The van der Waals surface area contributed by atoms with E-state index < -0.39 is 0 Å². The third-order valence-electron chi connectivity index (χ3n) is 10.3. The van der Waals surface area contributed by atoms with Crippen molar-refractivity contribution in [3.63, 3.8) is 0 Å². The highest BCUT2D eigenvalue weighted by Gasteiger charge is 2.41. The molecule has 0 saturated heterocycles. The van der Waals surface area contributed by atoms with E-state index >= 15 is 0 Å². The van der Waals surface area contributed by atoms with Crippen LogP contribution >= 0.6 is 0 Å². The molecule has 0 radical (unpaired) electrons. The minimum absolute atomic E-state index is 0.377. The molecule has 8 aromatic carbocycles. The SMILES string of the molecule is Fc1ccc(Oc2ccc3c(c2)Oc2cc(Oc4ccc(F)cc4)ccc2C3C2c3ccc(Oc4ccc(F)cc4)cc3Oc3cc(Oc4ccc(F)cc4)ccc32)cc1. The van der Waals surface area contributed by atoms with Gasteiger partial charge in [-0.2, -0.15) is 0 Å². The van der Waals surface area contributed by atoms with Crippen molar-refractivity contribution < 1.29 is 46.0 Å². The molecule has 0 spiro atoms. The Morgan fingerprint density at radius 3 is 0.683 bits per heavy atom. The first-order chi connectivity index (χ1) is 29.3. The van der Waals surface area contributed by atoms with Gasteiger partial charge < -0.3 is 28.4 Å². The van der Waals surface area contributed by atoms with Crippen molar-refractivity contribution in [3.8, 4) is 69.0 Å². The van der Waals surface area contributed by atoms with Crippen LogP contribution in [0.2, 0.25) is 0 Å². The van der Waals surface area contributed by atoms with Gasteiger partial charge in [-0.3, -0.25) is 0 Å². The molecule has 2 heterocycles.